The largest absolute Gasteiger partial charge is 0.332 e. The number of hydrogen-bond donors (Lipinski definition) is 2. The van der Waals surface area contributed by atoms with Crippen molar-refractivity contribution >= 4 is 21.7 Å². The van der Waals surface area contributed by atoms with Gasteiger partial charge in [-0.2, -0.15) is 0 Å². The maximum atomic E-state index is 12.1. The van der Waals surface area contributed by atoms with Crippen LogP contribution in [0.3, 0.4) is 0 Å². The summed E-state index contributed by atoms with van der Waals surface area (Å²) in [5.41, 5.74) is 1.59. The quantitative estimate of drug-likeness (QED) is 0.827. The van der Waals surface area contributed by atoms with Gasteiger partial charge in [-0.15, -0.1) is 0 Å². The molecule has 0 radical (unpaired) electrons. The van der Waals surface area contributed by atoms with E-state index in [-0.39, 0.29) is 17.7 Å². The van der Waals surface area contributed by atoms with Crippen LogP contribution in [0.1, 0.15) is 12.1 Å². The van der Waals surface area contributed by atoms with Gasteiger partial charge in [0.05, 0.1) is 18.0 Å². The number of hydrogen-bond acceptors (Lipinski definition) is 4. The smallest absolute Gasteiger partial charge is 0.317 e. The van der Waals surface area contributed by atoms with Crippen LogP contribution in [-0.2, 0) is 16.6 Å². The lowest BCUT2D eigenvalue weighted by Gasteiger charge is -2.16. The number of sulfonamides is 1. The molecule has 124 valence electrons. The van der Waals surface area contributed by atoms with E-state index in [1.54, 1.807) is 4.90 Å². The van der Waals surface area contributed by atoms with Gasteiger partial charge < -0.3 is 14.6 Å². The van der Waals surface area contributed by atoms with Crippen molar-refractivity contribution in [1.82, 2.24) is 19.6 Å². The summed E-state index contributed by atoms with van der Waals surface area (Å²) >= 11 is 0. The third-order valence-corrected chi connectivity index (χ3v) is 4.81. The highest BCUT2D eigenvalue weighted by Crippen LogP contribution is 2.17. The summed E-state index contributed by atoms with van der Waals surface area (Å²) in [6.07, 6.45) is 4.41. The summed E-state index contributed by atoms with van der Waals surface area (Å²) in [5.74, 6) is -0.172. The Balaban J connectivity index is 1.53. The zero-order valence-electron chi connectivity index (χ0n) is 12.6. The molecule has 3 N–H and O–H groups in total. The first-order valence-electron chi connectivity index (χ1n) is 7.36. The van der Waals surface area contributed by atoms with E-state index in [1.165, 1.54) is 0 Å². The maximum absolute atomic E-state index is 12.1. The van der Waals surface area contributed by atoms with Gasteiger partial charge in [-0.05, 0) is 24.5 Å². The number of carbonyl (C=O) groups excluding carboxylic acids is 1. The molecule has 0 spiro atoms. The Morgan fingerprint density at radius 3 is 3.00 bits per heavy atom. The Morgan fingerprint density at radius 2 is 2.26 bits per heavy atom. The number of rotatable bonds is 4. The van der Waals surface area contributed by atoms with Gasteiger partial charge in [0.25, 0.3) is 0 Å². The van der Waals surface area contributed by atoms with E-state index in [0.29, 0.717) is 26.1 Å². The Morgan fingerprint density at radius 1 is 1.43 bits per heavy atom. The van der Waals surface area contributed by atoms with Crippen LogP contribution in [0.25, 0.3) is 5.65 Å². The summed E-state index contributed by atoms with van der Waals surface area (Å²) < 4.78 is 24.1. The Hall–Kier alpha value is -2.13. The number of fused-ring (bicyclic) bond motifs is 1. The Bertz CT molecular complexity index is 784. The zero-order chi connectivity index (χ0) is 16.4. The molecule has 0 aromatic carbocycles. The number of amides is 2. The highest BCUT2D eigenvalue weighted by Gasteiger charge is 2.28. The minimum atomic E-state index is -3.50. The van der Waals surface area contributed by atoms with E-state index >= 15 is 0 Å². The van der Waals surface area contributed by atoms with Crippen LogP contribution >= 0.6 is 0 Å². The van der Waals surface area contributed by atoms with Crippen LogP contribution in [0.15, 0.2) is 30.6 Å². The van der Waals surface area contributed by atoms with E-state index < -0.39 is 10.0 Å². The highest BCUT2D eigenvalue weighted by atomic mass is 32.2. The lowest BCUT2D eigenvalue weighted by Crippen LogP contribution is -2.38. The van der Waals surface area contributed by atoms with Crippen LogP contribution in [0, 0.1) is 5.92 Å². The van der Waals surface area contributed by atoms with Crippen molar-refractivity contribution in [1.29, 1.82) is 0 Å². The number of urea groups is 1. The van der Waals surface area contributed by atoms with Crippen LogP contribution in [0.5, 0.6) is 0 Å². The Labute approximate surface area is 134 Å². The molecule has 1 aliphatic heterocycles. The van der Waals surface area contributed by atoms with Crippen molar-refractivity contribution in [2.24, 2.45) is 11.1 Å². The van der Waals surface area contributed by atoms with Crippen molar-refractivity contribution in [3.8, 4) is 0 Å². The van der Waals surface area contributed by atoms with E-state index in [4.69, 9.17) is 5.14 Å². The first-order valence-corrected chi connectivity index (χ1v) is 9.08. The molecule has 2 aromatic heterocycles. The van der Waals surface area contributed by atoms with E-state index in [2.05, 4.69) is 10.3 Å². The second kappa shape index (κ2) is 6.17. The number of nitrogens with two attached hydrogens (primary N) is 1. The number of primary sulfonamides is 1. The lowest BCUT2D eigenvalue weighted by atomic mass is 10.2. The van der Waals surface area contributed by atoms with E-state index in [9.17, 15) is 13.2 Å². The topological polar surface area (TPSA) is 110 Å². The second-order valence-electron chi connectivity index (χ2n) is 5.79. The molecule has 1 atom stereocenters. The number of nitrogens with zero attached hydrogens (tertiary/aromatic N) is 3. The van der Waals surface area contributed by atoms with Gasteiger partial charge in [0, 0.05) is 25.5 Å². The monoisotopic (exact) mass is 337 g/mol. The van der Waals surface area contributed by atoms with Crippen LogP contribution in [0.2, 0.25) is 0 Å². The molecule has 0 bridgehead atoms. The summed E-state index contributed by atoms with van der Waals surface area (Å²) in [7, 11) is -3.50. The number of carbonyl (C=O) groups is 1. The lowest BCUT2D eigenvalue weighted by molar-refractivity contribution is 0.207. The number of pyridine rings is 1. The van der Waals surface area contributed by atoms with Gasteiger partial charge in [0.2, 0.25) is 10.0 Å². The highest BCUT2D eigenvalue weighted by molar-refractivity contribution is 7.89. The van der Waals surface area contributed by atoms with Crippen molar-refractivity contribution in [3.05, 3.63) is 36.3 Å². The minimum Gasteiger partial charge on any atom is -0.332 e. The zero-order valence-corrected chi connectivity index (χ0v) is 13.4. The summed E-state index contributed by atoms with van der Waals surface area (Å²) in [6.45, 7) is 1.28. The molecule has 1 fully saturated rings. The molecule has 0 saturated carbocycles. The fraction of sp³-hybridized carbons (Fsp3) is 0.429. The van der Waals surface area contributed by atoms with Gasteiger partial charge in [-0.25, -0.2) is 23.3 Å². The van der Waals surface area contributed by atoms with Crippen LogP contribution in [-0.4, -0.2) is 47.6 Å². The standard InChI is InChI=1S/C14H19N5O3S/c15-23(21,22)10-11-4-6-19(8-11)14(20)16-7-12-9-18-5-2-1-3-13(18)17-12/h1-3,5,9,11H,4,6-8,10H2,(H,16,20)(H2,15,21,22)/t11-/m0/s1. The molecule has 9 heteroatoms. The fourth-order valence-electron chi connectivity index (χ4n) is 2.83. The second-order valence-corrected chi connectivity index (χ2v) is 7.45. The predicted octanol–water partition coefficient (Wildman–Crippen LogP) is 0.154. The number of aromatic nitrogens is 2. The third-order valence-electron chi connectivity index (χ3n) is 3.88. The van der Waals surface area contributed by atoms with E-state index in [0.717, 1.165) is 11.3 Å². The normalized spacial score (nSPS) is 18.5. The summed E-state index contributed by atoms with van der Waals surface area (Å²) in [5, 5.41) is 7.87. The van der Waals surface area contributed by atoms with Gasteiger partial charge in [-0.3, -0.25) is 0 Å². The number of imidazole rings is 1. The molecule has 23 heavy (non-hydrogen) atoms. The molecular formula is C14H19N5O3S. The molecule has 0 unspecified atom stereocenters. The summed E-state index contributed by atoms with van der Waals surface area (Å²) in [6, 6.07) is 5.50. The molecule has 0 aliphatic carbocycles. The molecule has 1 saturated heterocycles. The summed E-state index contributed by atoms with van der Waals surface area (Å²) in [4.78, 5) is 18.2. The fourth-order valence-corrected chi connectivity index (χ4v) is 3.76. The Kier molecular flexibility index (Phi) is 4.22. The predicted molar refractivity (Wildman–Crippen MR) is 85.1 cm³/mol. The van der Waals surface area contributed by atoms with Crippen LogP contribution < -0.4 is 10.5 Å². The SMILES string of the molecule is NS(=O)(=O)C[C@H]1CCN(C(=O)NCc2cn3ccccc3n2)C1. The molecule has 2 aromatic rings. The van der Waals surface area contributed by atoms with Crippen molar-refractivity contribution < 1.29 is 13.2 Å². The molecule has 1 aliphatic rings. The average Bonchev–Trinajstić information content (AvgIpc) is 3.09. The van der Waals surface area contributed by atoms with Crippen molar-refractivity contribution in [2.75, 3.05) is 18.8 Å². The van der Waals surface area contributed by atoms with Gasteiger partial charge in [0.1, 0.15) is 5.65 Å². The van der Waals surface area contributed by atoms with Gasteiger partial charge in [0.15, 0.2) is 0 Å². The van der Waals surface area contributed by atoms with Crippen molar-refractivity contribution in [2.45, 2.75) is 13.0 Å². The number of nitrogens with one attached hydrogen (secondary N) is 1. The van der Waals surface area contributed by atoms with Gasteiger partial charge in [-0.1, -0.05) is 6.07 Å². The number of likely N-dealkylation sites (tertiary alicyclic amines) is 1. The molecule has 8 nitrogen and oxygen atoms in total. The minimum absolute atomic E-state index is 0.0801. The van der Waals surface area contributed by atoms with Gasteiger partial charge >= 0.3 is 6.03 Å². The molecular weight excluding hydrogens is 318 g/mol. The third kappa shape index (κ3) is 3.99. The van der Waals surface area contributed by atoms with Crippen molar-refractivity contribution in [3.63, 3.8) is 0 Å². The van der Waals surface area contributed by atoms with E-state index in [1.807, 2.05) is 35.0 Å². The first-order chi connectivity index (χ1) is 10.9. The molecule has 3 rings (SSSR count). The van der Waals surface area contributed by atoms with Crippen LogP contribution in [0.4, 0.5) is 4.79 Å². The average molecular weight is 337 g/mol. The first kappa shape index (κ1) is 15.8. The molecule has 3 heterocycles. The molecule has 2 amide bonds. The maximum Gasteiger partial charge on any atom is 0.317 e.